The summed E-state index contributed by atoms with van der Waals surface area (Å²) in [5, 5.41) is 13.2. The van der Waals surface area contributed by atoms with E-state index in [1.54, 1.807) is 37.4 Å². The van der Waals surface area contributed by atoms with E-state index in [0.717, 1.165) is 11.5 Å². The van der Waals surface area contributed by atoms with E-state index in [2.05, 4.69) is 10.1 Å². The van der Waals surface area contributed by atoms with Crippen molar-refractivity contribution in [2.24, 2.45) is 0 Å². The second-order valence-electron chi connectivity index (χ2n) is 8.59. The molecule has 6 atom stereocenters. The topological polar surface area (TPSA) is 158 Å². The molecule has 1 unspecified atom stereocenters. The number of halogens is 1. The first kappa shape index (κ1) is 25.3. The van der Waals surface area contributed by atoms with Crippen molar-refractivity contribution in [2.45, 2.75) is 43.5 Å². The standard InChI is InChI=1S/C21H27FN5O7P/c1-21(22)17(28)15(33-19(21)27-11-9-16(23)24-20(27)30)12-32-35(31,34-13-6-4-3-5-7-13)25-14-8-10-26(2)18(14)29/h3-7,9,11,14-15,17,19,28H,8,10,12H2,1-2H3,(H,25,31)(H2,23,24,30)/t14-,15+,17+,19+,21+,35?/m0/s1. The molecule has 2 aliphatic heterocycles. The van der Waals surface area contributed by atoms with Gasteiger partial charge in [0.25, 0.3) is 0 Å². The third-order valence-electron chi connectivity index (χ3n) is 5.94. The summed E-state index contributed by atoms with van der Waals surface area (Å²) in [5.41, 5.74) is 2.20. The number of nitrogens with one attached hydrogen (secondary N) is 1. The normalized spacial score (nSPS) is 30.4. The Labute approximate surface area is 200 Å². The first-order valence-corrected chi connectivity index (χ1v) is 12.4. The Morgan fingerprint density at radius 3 is 2.69 bits per heavy atom. The van der Waals surface area contributed by atoms with Crippen LogP contribution in [0, 0.1) is 0 Å². The van der Waals surface area contributed by atoms with Gasteiger partial charge in [-0.3, -0.25) is 13.9 Å². The average molecular weight is 511 g/mol. The van der Waals surface area contributed by atoms with Crippen molar-refractivity contribution in [1.82, 2.24) is 19.5 Å². The Balaban J connectivity index is 1.53. The minimum absolute atomic E-state index is 0.0533. The number of nitrogens with zero attached hydrogens (tertiary/aromatic N) is 3. The fourth-order valence-electron chi connectivity index (χ4n) is 3.97. The van der Waals surface area contributed by atoms with Crippen LogP contribution in [0.25, 0.3) is 0 Å². The lowest BCUT2D eigenvalue weighted by molar-refractivity contribution is -0.128. The van der Waals surface area contributed by atoms with Gasteiger partial charge in [-0.05, 0) is 31.5 Å². The predicted molar refractivity (Wildman–Crippen MR) is 122 cm³/mol. The maximum Gasteiger partial charge on any atom is 0.459 e. The van der Waals surface area contributed by atoms with Crippen molar-refractivity contribution in [3.8, 4) is 5.75 Å². The second-order valence-corrected chi connectivity index (χ2v) is 10.3. The molecule has 4 N–H and O–H groups in total. The number of aliphatic hydroxyl groups is 1. The van der Waals surface area contributed by atoms with Crippen molar-refractivity contribution in [3.63, 3.8) is 0 Å². The zero-order valence-corrected chi connectivity index (χ0v) is 20.0. The number of nitrogen functional groups attached to an aromatic ring is 1. The summed E-state index contributed by atoms with van der Waals surface area (Å²) in [6, 6.07) is 8.64. The van der Waals surface area contributed by atoms with Crippen LogP contribution in [0.15, 0.2) is 47.4 Å². The van der Waals surface area contributed by atoms with Crippen molar-refractivity contribution in [3.05, 3.63) is 53.1 Å². The molecule has 1 aromatic heterocycles. The summed E-state index contributed by atoms with van der Waals surface area (Å²) in [6.07, 6.45) is -3.03. The van der Waals surface area contributed by atoms with Gasteiger partial charge in [-0.1, -0.05) is 18.2 Å². The number of aliphatic hydroxyl groups excluding tert-OH is 1. The molecule has 0 radical (unpaired) electrons. The molecular formula is C21H27FN5O7P. The molecule has 2 saturated heterocycles. The predicted octanol–water partition coefficient (Wildman–Crippen LogP) is 0.836. The molecule has 4 rings (SSSR count). The molecule has 35 heavy (non-hydrogen) atoms. The lowest BCUT2D eigenvalue weighted by Gasteiger charge is -2.25. The minimum atomic E-state index is -4.19. The summed E-state index contributed by atoms with van der Waals surface area (Å²) in [6.45, 7) is 0.956. The number of carbonyl (C=O) groups is 1. The first-order chi connectivity index (χ1) is 16.5. The van der Waals surface area contributed by atoms with Crippen LogP contribution in [0.5, 0.6) is 5.75 Å². The van der Waals surface area contributed by atoms with Gasteiger partial charge < -0.3 is 25.0 Å². The number of aromatic nitrogens is 2. The number of likely N-dealkylation sites (N-methyl/N-ethyl adjacent to an activating group) is 1. The molecule has 0 bridgehead atoms. The van der Waals surface area contributed by atoms with Gasteiger partial charge in [0, 0.05) is 19.8 Å². The van der Waals surface area contributed by atoms with Crippen LogP contribution >= 0.6 is 7.75 Å². The molecule has 12 nitrogen and oxygen atoms in total. The number of carbonyl (C=O) groups excluding carboxylic acids is 1. The van der Waals surface area contributed by atoms with Crippen LogP contribution in [0.1, 0.15) is 19.6 Å². The number of para-hydroxylation sites is 1. The van der Waals surface area contributed by atoms with Crippen molar-refractivity contribution in [2.75, 3.05) is 25.9 Å². The lowest BCUT2D eigenvalue weighted by Crippen LogP contribution is -2.43. The Hall–Kier alpha value is -2.83. The molecule has 0 aliphatic carbocycles. The Kier molecular flexibility index (Phi) is 6.98. The van der Waals surface area contributed by atoms with E-state index in [1.165, 1.54) is 17.2 Å². The Morgan fingerprint density at radius 2 is 2.06 bits per heavy atom. The van der Waals surface area contributed by atoms with Gasteiger partial charge in [0.05, 0.1) is 12.6 Å². The number of nitrogens with two attached hydrogens (primary N) is 1. The van der Waals surface area contributed by atoms with Crippen LogP contribution in [0.3, 0.4) is 0 Å². The molecule has 14 heteroatoms. The number of benzene rings is 1. The number of hydrogen-bond acceptors (Lipinski definition) is 9. The van der Waals surface area contributed by atoms with Crippen LogP contribution in [0.4, 0.5) is 10.2 Å². The van der Waals surface area contributed by atoms with Crippen molar-refractivity contribution >= 4 is 19.5 Å². The zero-order valence-electron chi connectivity index (χ0n) is 19.1. The highest BCUT2D eigenvalue weighted by Gasteiger charge is 2.56. The molecule has 1 amide bonds. The molecular weight excluding hydrogens is 484 g/mol. The van der Waals surface area contributed by atoms with Gasteiger partial charge in [-0.25, -0.2) is 13.8 Å². The van der Waals surface area contributed by atoms with Gasteiger partial charge in [0.15, 0.2) is 11.9 Å². The average Bonchev–Trinajstić information content (AvgIpc) is 3.23. The van der Waals surface area contributed by atoms with Crippen molar-refractivity contribution in [1.29, 1.82) is 0 Å². The number of rotatable bonds is 8. The maximum absolute atomic E-state index is 15.5. The molecule has 1 aromatic carbocycles. The van der Waals surface area contributed by atoms with Gasteiger partial charge in [0.1, 0.15) is 23.8 Å². The number of alkyl halides is 1. The highest BCUT2D eigenvalue weighted by molar-refractivity contribution is 7.52. The van der Waals surface area contributed by atoms with Crippen LogP contribution < -0.4 is 21.0 Å². The van der Waals surface area contributed by atoms with E-state index in [9.17, 15) is 19.3 Å². The molecule has 2 aromatic rings. The number of hydrogen-bond donors (Lipinski definition) is 3. The van der Waals surface area contributed by atoms with Gasteiger partial charge in [-0.15, -0.1) is 0 Å². The van der Waals surface area contributed by atoms with Gasteiger partial charge in [-0.2, -0.15) is 10.1 Å². The third-order valence-corrected chi connectivity index (χ3v) is 7.51. The van der Waals surface area contributed by atoms with E-state index in [-0.39, 0.29) is 17.5 Å². The fraction of sp³-hybridized carbons (Fsp3) is 0.476. The smallest absolute Gasteiger partial charge is 0.413 e. The molecule has 2 fully saturated rings. The zero-order chi connectivity index (χ0) is 25.4. The second kappa shape index (κ2) is 9.67. The quantitative estimate of drug-likeness (QED) is 0.434. The summed E-state index contributed by atoms with van der Waals surface area (Å²) in [4.78, 5) is 29.6. The highest BCUT2D eigenvalue weighted by Crippen LogP contribution is 2.48. The molecule has 3 heterocycles. The number of ether oxygens (including phenoxy) is 1. The molecule has 0 spiro atoms. The number of amides is 1. The lowest BCUT2D eigenvalue weighted by atomic mass is 9.98. The summed E-state index contributed by atoms with van der Waals surface area (Å²) >= 11 is 0. The van der Waals surface area contributed by atoms with E-state index in [0.29, 0.717) is 13.0 Å². The van der Waals surface area contributed by atoms with Gasteiger partial charge in [0.2, 0.25) is 5.91 Å². The molecule has 190 valence electrons. The van der Waals surface area contributed by atoms with Gasteiger partial charge >= 0.3 is 13.4 Å². The maximum atomic E-state index is 15.5. The fourth-order valence-corrected chi connectivity index (χ4v) is 5.51. The monoisotopic (exact) mass is 511 g/mol. The molecule has 0 saturated carbocycles. The summed E-state index contributed by atoms with van der Waals surface area (Å²) in [7, 11) is -2.57. The summed E-state index contributed by atoms with van der Waals surface area (Å²) < 4.78 is 46.7. The van der Waals surface area contributed by atoms with E-state index >= 15 is 4.39 Å². The first-order valence-electron chi connectivity index (χ1n) is 10.9. The van der Waals surface area contributed by atoms with E-state index < -0.39 is 50.2 Å². The van der Waals surface area contributed by atoms with E-state index in [1.807, 2.05) is 0 Å². The SMILES string of the molecule is CN1CC[C@H](NP(=O)(OC[C@H]2O[C@@H](n3ccc(N)nc3=O)[C@](C)(F)[C@@H]2O)Oc2ccccc2)C1=O. The van der Waals surface area contributed by atoms with E-state index in [4.69, 9.17) is 19.5 Å². The van der Waals surface area contributed by atoms with Crippen LogP contribution in [-0.4, -0.2) is 69.6 Å². The number of likely N-dealkylation sites (tertiary alicyclic amines) is 1. The Bertz CT molecular complexity index is 1180. The third kappa shape index (κ3) is 5.24. The Morgan fingerprint density at radius 1 is 1.34 bits per heavy atom. The highest BCUT2D eigenvalue weighted by atomic mass is 31.2. The summed E-state index contributed by atoms with van der Waals surface area (Å²) in [5.74, 6) is -0.126. The minimum Gasteiger partial charge on any atom is -0.413 e. The van der Waals surface area contributed by atoms with Crippen LogP contribution in [0.2, 0.25) is 0 Å². The number of anilines is 1. The van der Waals surface area contributed by atoms with Crippen molar-refractivity contribution < 1.29 is 32.6 Å². The largest absolute Gasteiger partial charge is 0.459 e. The van der Waals surface area contributed by atoms with Crippen LogP contribution in [-0.2, 0) is 18.6 Å². The molecule has 2 aliphatic rings.